The smallest absolute Gasteiger partial charge is 0.280 e. The van der Waals surface area contributed by atoms with Crippen molar-refractivity contribution in [3.05, 3.63) is 0 Å². The van der Waals surface area contributed by atoms with E-state index in [4.69, 9.17) is 9.84 Å². The van der Waals surface area contributed by atoms with E-state index in [9.17, 15) is 8.42 Å². The molecule has 2 N–H and O–H groups in total. The topological polar surface area (TPSA) is 78.9 Å². The van der Waals surface area contributed by atoms with Crippen molar-refractivity contribution in [2.24, 2.45) is 5.92 Å². The number of piperidine rings is 1. The summed E-state index contributed by atoms with van der Waals surface area (Å²) >= 11 is 0. The molecule has 2 fully saturated rings. The van der Waals surface area contributed by atoms with Crippen LogP contribution in [0, 0.1) is 5.92 Å². The van der Waals surface area contributed by atoms with Gasteiger partial charge in [0.2, 0.25) is 0 Å². The maximum Gasteiger partial charge on any atom is 0.280 e. The average Bonchev–Trinajstić information content (AvgIpc) is 2.75. The van der Waals surface area contributed by atoms with Gasteiger partial charge >= 0.3 is 0 Å². The Balaban J connectivity index is 2.01. The zero-order valence-corrected chi connectivity index (χ0v) is 11.6. The highest BCUT2D eigenvalue weighted by Crippen LogP contribution is 2.22. The van der Waals surface area contributed by atoms with Crippen molar-refractivity contribution in [1.82, 2.24) is 9.03 Å². The minimum Gasteiger partial charge on any atom is -0.396 e. The van der Waals surface area contributed by atoms with E-state index in [-0.39, 0.29) is 12.5 Å². The van der Waals surface area contributed by atoms with Crippen LogP contribution in [-0.4, -0.2) is 56.3 Å². The van der Waals surface area contributed by atoms with Crippen LogP contribution in [0.2, 0.25) is 0 Å². The van der Waals surface area contributed by atoms with E-state index in [2.05, 4.69) is 4.72 Å². The number of nitrogens with one attached hydrogen (secondary N) is 1. The Morgan fingerprint density at radius 2 is 2.33 bits per heavy atom. The molecule has 0 aromatic carbocycles. The van der Waals surface area contributed by atoms with Crippen LogP contribution in [0.15, 0.2) is 0 Å². The summed E-state index contributed by atoms with van der Waals surface area (Å²) in [7, 11) is -3.48. The second-order valence-electron chi connectivity index (χ2n) is 5.52. The normalized spacial score (nSPS) is 34.9. The van der Waals surface area contributed by atoms with E-state index < -0.39 is 15.7 Å². The molecule has 0 bridgehead atoms. The lowest BCUT2D eigenvalue weighted by Crippen LogP contribution is -2.54. The molecule has 2 aliphatic rings. The molecule has 2 rings (SSSR count). The van der Waals surface area contributed by atoms with Gasteiger partial charge in [0.05, 0.1) is 12.1 Å². The summed E-state index contributed by atoms with van der Waals surface area (Å²) in [6, 6.07) is 0. The third kappa shape index (κ3) is 3.21. The van der Waals surface area contributed by atoms with Gasteiger partial charge in [0, 0.05) is 26.3 Å². The fourth-order valence-electron chi connectivity index (χ4n) is 2.52. The van der Waals surface area contributed by atoms with Gasteiger partial charge in [0.15, 0.2) is 0 Å². The summed E-state index contributed by atoms with van der Waals surface area (Å²) in [5.41, 5.74) is -0.495. The zero-order chi connectivity index (χ0) is 13.2. The molecule has 2 aliphatic heterocycles. The molecule has 2 heterocycles. The average molecular weight is 278 g/mol. The summed E-state index contributed by atoms with van der Waals surface area (Å²) in [4.78, 5) is 0. The minimum atomic E-state index is -3.48. The van der Waals surface area contributed by atoms with Crippen molar-refractivity contribution in [3.63, 3.8) is 0 Å². The Kier molecular flexibility index (Phi) is 4.28. The van der Waals surface area contributed by atoms with Gasteiger partial charge in [-0.15, -0.1) is 0 Å². The Bertz CT molecular complexity index is 379. The second-order valence-corrected chi connectivity index (χ2v) is 7.19. The molecule has 2 saturated heterocycles. The minimum absolute atomic E-state index is 0.0480. The molecule has 0 spiro atoms. The van der Waals surface area contributed by atoms with Crippen LogP contribution >= 0.6 is 0 Å². The molecule has 2 atom stereocenters. The maximum atomic E-state index is 12.3. The Morgan fingerprint density at radius 1 is 1.56 bits per heavy atom. The third-order valence-electron chi connectivity index (χ3n) is 3.67. The van der Waals surface area contributed by atoms with E-state index in [1.165, 1.54) is 4.31 Å². The van der Waals surface area contributed by atoms with Crippen LogP contribution in [0.5, 0.6) is 0 Å². The zero-order valence-electron chi connectivity index (χ0n) is 10.8. The number of aliphatic hydroxyl groups excluding tert-OH is 1. The van der Waals surface area contributed by atoms with Gasteiger partial charge in [0.25, 0.3) is 10.2 Å². The fraction of sp³-hybridized carbons (Fsp3) is 1.00. The highest BCUT2D eigenvalue weighted by atomic mass is 32.2. The van der Waals surface area contributed by atoms with Gasteiger partial charge in [-0.05, 0) is 32.1 Å². The lowest BCUT2D eigenvalue weighted by molar-refractivity contribution is 0.161. The molecule has 106 valence electrons. The molecule has 0 aliphatic carbocycles. The SMILES string of the molecule is CC1(NS(=O)(=O)N2CCCC(CO)C2)CCOC1. The van der Waals surface area contributed by atoms with Crippen LogP contribution in [0.1, 0.15) is 26.2 Å². The molecule has 0 saturated carbocycles. The van der Waals surface area contributed by atoms with Crippen molar-refractivity contribution in [3.8, 4) is 0 Å². The standard InChI is InChI=1S/C11H22N2O4S/c1-11(4-6-17-9-11)12-18(15,16)13-5-2-3-10(7-13)8-14/h10,12,14H,2-9H2,1H3. The third-order valence-corrected chi connectivity index (χ3v) is 5.44. The van der Waals surface area contributed by atoms with Crippen LogP contribution in [0.3, 0.4) is 0 Å². The Morgan fingerprint density at radius 3 is 2.94 bits per heavy atom. The van der Waals surface area contributed by atoms with E-state index in [1.807, 2.05) is 6.92 Å². The quantitative estimate of drug-likeness (QED) is 0.740. The molecular formula is C11H22N2O4S. The number of hydrogen-bond acceptors (Lipinski definition) is 4. The summed E-state index contributed by atoms with van der Waals surface area (Å²) in [5.74, 6) is 0.0583. The van der Waals surface area contributed by atoms with E-state index in [0.29, 0.717) is 32.7 Å². The number of hydrogen-bond donors (Lipinski definition) is 2. The van der Waals surface area contributed by atoms with Gasteiger partial charge in [0.1, 0.15) is 0 Å². The summed E-state index contributed by atoms with van der Waals surface area (Å²) in [6.07, 6.45) is 2.39. The second kappa shape index (κ2) is 5.42. The molecule has 0 radical (unpaired) electrons. The number of nitrogens with zero attached hydrogens (tertiary/aromatic N) is 1. The Labute approximate surface area is 108 Å². The lowest BCUT2D eigenvalue weighted by Gasteiger charge is -2.34. The highest BCUT2D eigenvalue weighted by molar-refractivity contribution is 7.87. The first-order valence-electron chi connectivity index (χ1n) is 6.43. The van der Waals surface area contributed by atoms with E-state index in [0.717, 1.165) is 12.8 Å². The molecule has 0 aromatic rings. The van der Waals surface area contributed by atoms with Crippen molar-refractivity contribution < 1.29 is 18.3 Å². The largest absolute Gasteiger partial charge is 0.396 e. The first-order valence-corrected chi connectivity index (χ1v) is 7.87. The van der Waals surface area contributed by atoms with Gasteiger partial charge in [-0.2, -0.15) is 17.4 Å². The molecular weight excluding hydrogens is 256 g/mol. The highest BCUT2D eigenvalue weighted by Gasteiger charge is 2.37. The predicted molar refractivity (Wildman–Crippen MR) is 67.3 cm³/mol. The molecule has 7 heteroatoms. The van der Waals surface area contributed by atoms with Crippen LogP contribution in [0.4, 0.5) is 0 Å². The molecule has 2 unspecified atom stereocenters. The fourth-order valence-corrected chi connectivity index (χ4v) is 4.21. The first-order chi connectivity index (χ1) is 8.45. The molecule has 0 amide bonds. The predicted octanol–water partition coefficient (Wildman–Crippen LogP) is -0.296. The summed E-state index contributed by atoms with van der Waals surface area (Å²) in [6.45, 7) is 3.87. The van der Waals surface area contributed by atoms with Crippen molar-refractivity contribution in [2.45, 2.75) is 31.7 Å². The Hall–Kier alpha value is -0.210. The van der Waals surface area contributed by atoms with Crippen molar-refractivity contribution in [2.75, 3.05) is 32.9 Å². The number of aliphatic hydroxyl groups is 1. The molecule has 6 nitrogen and oxygen atoms in total. The van der Waals surface area contributed by atoms with Crippen LogP contribution in [0.25, 0.3) is 0 Å². The monoisotopic (exact) mass is 278 g/mol. The van der Waals surface area contributed by atoms with Crippen molar-refractivity contribution >= 4 is 10.2 Å². The maximum absolute atomic E-state index is 12.3. The first kappa shape index (κ1) is 14.2. The number of rotatable bonds is 4. The van der Waals surface area contributed by atoms with Gasteiger partial charge in [-0.3, -0.25) is 0 Å². The number of ether oxygens (including phenoxy) is 1. The molecule has 0 aromatic heterocycles. The summed E-state index contributed by atoms with van der Waals surface area (Å²) in [5, 5.41) is 9.15. The van der Waals surface area contributed by atoms with Gasteiger partial charge < -0.3 is 9.84 Å². The molecule has 18 heavy (non-hydrogen) atoms. The summed E-state index contributed by atoms with van der Waals surface area (Å²) < 4.78 is 34.0. The van der Waals surface area contributed by atoms with Gasteiger partial charge in [-0.1, -0.05) is 0 Å². The van der Waals surface area contributed by atoms with Crippen LogP contribution in [-0.2, 0) is 14.9 Å². The van der Waals surface area contributed by atoms with Gasteiger partial charge in [-0.25, -0.2) is 0 Å². The van der Waals surface area contributed by atoms with E-state index in [1.54, 1.807) is 0 Å². The van der Waals surface area contributed by atoms with E-state index >= 15 is 0 Å². The van der Waals surface area contributed by atoms with Crippen LogP contribution < -0.4 is 4.72 Å². The lowest BCUT2D eigenvalue weighted by atomic mass is 10.0. The van der Waals surface area contributed by atoms with Crippen molar-refractivity contribution in [1.29, 1.82) is 0 Å².